The molecule has 0 fully saturated rings. The summed E-state index contributed by atoms with van der Waals surface area (Å²) in [6.07, 6.45) is -4.60. The lowest BCUT2D eigenvalue weighted by atomic mass is 10.4. The van der Waals surface area contributed by atoms with Crippen molar-refractivity contribution in [1.82, 2.24) is 10.0 Å². The molecule has 0 saturated carbocycles. The Hall–Kier alpha value is -1.06. The number of rotatable bonds is 5. The van der Waals surface area contributed by atoms with Crippen LogP contribution in [0.3, 0.4) is 0 Å². The maximum absolute atomic E-state index is 12.0. The van der Waals surface area contributed by atoms with Gasteiger partial charge in [-0.1, -0.05) is 0 Å². The van der Waals surface area contributed by atoms with Crippen LogP contribution in [0.25, 0.3) is 0 Å². The zero-order valence-electron chi connectivity index (χ0n) is 9.76. The molecular formula is C9H13F3N2O3S. The molecule has 0 aliphatic heterocycles. The molecule has 0 atom stereocenters. The van der Waals surface area contributed by atoms with Gasteiger partial charge < -0.3 is 9.73 Å². The first kappa shape index (κ1) is 15.0. The Balaban J connectivity index is 2.91. The average molecular weight is 286 g/mol. The largest absolute Gasteiger partial charge is 0.464 e. The molecule has 0 aromatic carbocycles. The summed E-state index contributed by atoms with van der Waals surface area (Å²) in [5, 5.41) is 2.74. The molecule has 1 heterocycles. The number of nitrogens with one attached hydrogen (secondary N) is 2. The van der Waals surface area contributed by atoms with Gasteiger partial charge in [-0.25, -0.2) is 13.1 Å². The van der Waals surface area contributed by atoms with Crippen molar-refractivity contribution in [3.63, 3.8) is 0 Å². The summed E-state index contributed by atoms with van der Waals surface area (Å²) in [6, 6.07) is 1.20. The number of hydrogen-bond acceptors (Lipinski definition) is 4. The maximum atomic E-state index is 12.0. The van der Waals surface area contributed by atoms with Crippen LogP contribution in [0.15, 0.2) is 15.4 Å². The molecule has 1 rings (SSSR count). The first-order chi connectivity index (χ1) is 8.15. The van der Waals surface area contributed by atoms with Gasteiger partial charge in [-0.15, -0.1) is 0 Å². The van der Waals surface area contributed by atoms with Crippen LogP contribution in [0, 0.1) is 6.92 Å². The third-order valence-corrected chi connectivity index (χ3v) is 3.54. The zero-order valence-corrected chi connectivity index (χ0v) is 10.6. The minimum absolute atomic E-state index is 0.0509. The van der Waals surface area contributed by atoms with E-state index in [2.05, 4.69) is 5.32 Å². The van der Waals surface area contributed by atoms with E-state index >= 15 is 0 Å². The predicted octanol–water partition coefficient (Wildman–Crippen LogP) is 1.15. The highest BCUT2D eigenvalue weighted by Gasteiger charge is 2.31. The second-order valence-electron chi connectivity index (χ2n) is 3.60. The molecule has 0 spiro atoms. The van der Waals surface area contributed by atoms with E-state index in [0.717, 1.165) is 0 Å². The molecule has 9 heteroatoms. The molecule has 0 aliphatic rings. The van der Waals surface area contributed by atoms with Crippen molar-refractivity contribution >= 4 is 10.0 Å². The van der Waals surface area contributed by atoms with E-state index in [0.29, 0.717) is 5.76 Å². The van der Waals surface area contributed by atoms with E-state index in [1.165, 1.54) is 17.7 Å². The molecule has 2 N–H and O–H groups in total. The third kappa shape index (κ3) is 4.00. The number of sulfonamides is 1. The smallest absolute Gasteiger partial charge is 0.402 e. The van der Waals surface area contributed by atoms with E-state index in [-0.39, 0.29) is 17.2 Å². The first-order valence-corrected chi connectivity index (χ1v) is 6.44. The van der Waals surface area contributed by atoms with Crippen LogP contribution in [-0.2, 0) is 16.6 Å². The van der Waals surface area contributed by atoms with Crippen LogP contribution in [0.1, 0.15) is 11.5 Å². The molecule has 0 aliphatic carbocycles. The second-order valence-corrected chi connectivity index (χ2v) is 5.34. The molecule has 5 nitrogen and oxygen atoms in total. The van der Waals surface area contributed by atoms with Crippen molar-refractivity contribution < 1.29 is 26.0 Å². The van der Waals surface area contributed by atoms with Crippen molar-refractivity contribution in [2.45, 2.75) is 24.5 Å². The number of hydrogen-bond donors (Lipinski definition) is 2. The number of furan rings is 1. The molecule has 0 bridgehead atoms. The fraction of sp³-hybridized carbons (Fsp3) is 0.556. The van der Waals surface area contributed by atoms with Gasteiger partial charge in [0.2, 0.25) is 10.0 Å². The van der Waals surface area contributed by atoms with Crippen LogP contribution >= 0.6 is 0 Å². The van der Waals surface area contributed by atoms with Crippen LogP contribution in [0.5, 0.6) is 0 Å². The summed E-state index contributed by atoms with van der Waals surface area (Å²) >= 11 is 0. The minimum atomic E-state index is -4.60. The number of alkyl halides is 3. The second kappa shape index (κ2) is 5.29. The van der Waals surface area contributed by atoms with E-state index in [1.54, 1.807) is 7.05 Å². The van der Waals surface area contributed by atoms with E-state index < -0.39 is 22.7 Å². The Kier molecular flexibility index (Phi) is 4.41. The highest BCUT2D eigenvalue weighted by atomic mass is 32.2. The Morgan fingerprint density at radius 1 is 1.39 bits per heavy atom. The van der Waals surface area contributed by atoms with Crippen LogP contribution < -0.4 is 10.0 Å². The van der Waals surface area contributed by atoms with Gasteiger partial charge in [-0.2, -0.15) is 13.2 Å². The highest BCUT2D eigenvalue weighted by molar-refractivity contribution is 7.89. The lowest BCUT2D eigenvalue weighted by molar-refractivity contribution is -0.121. The maximum Gasteiger partial charge on any atom is 0.402 e. The Morgan fingerprint density at radius 3 is 2.50 bits per heavy atom. The van der Waals surface area contributed by atoms with Crippen molar-refractivity contribution in [3.8, 4) is 0 Å². The SMILES string of the molecule is CNCc1cc(S(=O)(=O)NCC(F)(F)F)c(C)o1. The fourth-order valence-corrected chi connectivity index (χ4v) is 2.52. The van der Waals surface area contributed by atoms with E-state index in [1.807, 2.05) is 0 Å². The van der Waals surface area contributed by atoms with Gasteiger partial charge in [0.1, 0.15) is 23.0 Å². The number of halogens is 3. The Bertz CT molecular complexity index is 508. The summed E-state index contributed by atoms with van der Waals surface area (Å²) in [5.41, 5.74) is 0. The Morgan fingerprint density at radius 2 is 2.00 bits per heavy atom. The summed E-state index contributed by atoms with van der Waals surface area (Å²) in [5.74, 6) is 0.386. The molecule has 1 aromatic rings. The van der Waals surface area contributed by atoms with Crippen molar-refractivity contribution in [2.75, 3.05) is 13.6 Å². The van der Waals surface area contributed by atoms with Crippen molar-refractivity contribution in [3.05, 3.63) is 17.6 Å². The van der Waals surface area contributed by atoms with E-state index in [4.69, 9.17) is 4.42 Å². The lowest BCUT2D eigenvalue weighted by Crippen LogP contribution is -2.33. The molecule has 0 saturated heterocycles. The normalized spacial score (nSPS) is 12.9. The zero-order chi connectivity index (χ0) is 14.0. The quantitative estimate of drug-likeness (QED) is 0.851. The van der Waals surface area contributed by atoms with Gasteiger partial charge in [-0.3, -0.25) is 0 Å². The van der Waals surface area contributed by atoms with Gasteiger partial charge in [0.15, 0.2) is 0 Å². The summed E-state index contributed by atoms with van der Waals surface area (Å²) in [4.78, 5) is -0.281. The number of aryl methyl sites for hydroxylation is 1. The standard InChI is InChI=1S/C9H13F3N2O3S/c1-6-8(3-7(17-6)4-13-2)18(15,16)14-5-9(10,11)12/h3,13-14H,4-5H2,1-2H3. The van der Waals surface area contributed by atoms with Crippen molar-refractivity contribution in [2.24, 2.45) is 0 Å². The van der Waals surface area contributed by atoms with Gasteiger partial charge in [-0.05, 0) is 14.0 Å². The average Bonchev–Trinajstić information content (AvgIpc) is 2.57. The van der Waals surface area contributed by atoms with Gasteiger partial charge in [0, 0.05) is 6.07 Å². The molecule has 18 heavy (non-hydrogen) atoms. The van der Waals surface area contributed by atoms with Crippen LogP contribution in [0.2, 0.25) is 0 Å². The monoisotopic (exact) mass is 286 g/mol. The topological polar surface area (TPSA) is 71.3 Å². The highest BCUT2D eigenvalue weighted by Crippen LogP contribution is 2.21. The molecule has 0 unspecified atom stereocenters. The lowest BCUT2D eigenvalue weighted by Gasteiger charge is -2.08. The molecule has 0 radical (unpaired) electrons. The van der Waals surface area contributed by atoms with Gasteiger partial charge >= 0.3 is 6.18 Å². The molecule has 1 aromatic heterocycles. The third-order valence-electron chi connectivity index (χ3n) is 2.03. The molecule has 104 valence electrons. The van der Waals surface area contributed by atoms with Gasteiger partial charge in [0.25, 0.3) is 0 Å². The van der Waals surface area contributed by atoms with E-state index in [9.17, 15) is 21.6 Å². The minimum Gasteiger partial charge on any atom is -0.464 e. The first-order valence-electron chi connectivity index (χ1n) is 4.96. The predicted molar refractivity (Wildman–Crippen MR) is 57.5 cm³/mol. The van der Waals surface area contributed by atoms with Crippen LogP contribution in [0.4, 0.5) is 13.2 Å². The summed E-state index contributed by atoms with van der Waals surface area (Å²) in [7, 11) is -2.58. The summed E-state index contributed by atoms with van der Waals surface area (Å²) < 4.78 is 65.7. The summed E-state index contributed by atoms with van der Waals surface area (Å²) in [6.45, 7) is 0.0538. The Labute approximate surface area is 102 Å². The van der Waals surface area contributed by atoms with Gasteiger partial charge in [0.05, 0.1) is 6.54 Å². The fourth-order valence-electron chi connectivity index (χ4n) is 1.31. The van der Waals surface area contributed by atoms with Crippen LogP contribution in [-0.4, -0.2) is 28.2 Å². The van der Waals surface area contributed by atoms with Crippen molar-refractivity contribution in [1.29, 1.82) is 0 Å². The molecular weight excluding hydrogens is 273 g/mol. The molecule has 0 amide bonds.